The summed E-state index contributed by atoms with van der Waals surface area (Å²) in [5.74, 6) is 0.0498. The van der Waals surface area contributed by atoms with Crippen molar-refractivity contribution >= 4 is 6.08 Å². The zero-order valence-electron chi connectivity index (χ0n) is 8.34. The topological polar surface area (TPSA) is 38.7 Å². The van der Waals surface area contributed by atoms with Gasteiger partial charge in [-0.1, -0.05) is 6.07 Å². The minimum atomic E-state index is -4.42. The highest BCUT2D eigenvalue weighted by molar-refractivity contribution is 5.40. The lowest BCUT2D eigenvalue weighted by atomic mass is 10.1. The molecule has 0 heterocycles. The van der Waals surface area contributed by atoms with Crippen molar-refractivity contribution in [1.82, 2.24) is 0 Å². The summed E-state index contributed by atoms with van der Waals surface area (Å²) in [6, 6.07) is 3.01. The van der Waals surface area contributed by atoms with Crippen molar-refractivity contribution in [1.29, 1.82) is 0 Å². The summed E-state index contributed by atoms with van der Waals surface area (Å²) in [6.07, 6.45) is -3.11. The molecule has 0 saturated carbocycles. The van der Waals surface area contributed by atoms with Crippen LogP contribution in [0.15, 0.2) is 23.2 Å². The van der Waals surface area contributed by atoms with Gasteiger partial charge in [0.25, 0.3) is 0 Å². The first-order valence-electron chi connectivity index (χ1n) is 4.26. The maximum atomic E-state index is 12.3. The fourth-order valence-electron chi connectivity index (χ4n) is 1.17. The van der Waals surface area contributed by atoms with Gasteiger partial charge in [-0.05, 0) is 12.1 Å². The van der Waals surface area contributed by atoms with Crippen molar-refractivity contribution in [3.05, 3.63) is 29.3 Å². The zero-order valence-corrected chi connectivity index (χ0v) is 8.34. The summed E-state index contributed by atoms with van der Waals surface area (Å²) in [4.78, 5) is 13.2. The van der Waals surface area contributed by atoms with E-state index in [1.54, 1.807) is 0 Å². The SMILES string of the molecule is COc1cc(C(F)(F)F)ccc1CN=C=O. The van der Waals surface area contributed by atoms with Gasteiger partial charge in [-0.25, -0.2) is 9.79 Å². The van der Waals surface area contributed by atoms with Crippen LogP contribution < -0.4 is 4.74 Å². The van der Waals surface area contributed by atoms with Crippen LogP contribution in [0.2, 0.25) is 0 Å². The van der Waals surface area contributed by atoms with E-state index in [0.717, 1.165) is 12.1 Å². The van der Waals surface area contributed by atoms with Crippen LogP contribution in [0, 0.1) is 0 Å². The van der Waals surface area contributed by atoms with Crippen LogP contribution in [-0.2, 0) is 17.5 Å². The third-order valence-corrected chi connectivity index (χ3v) is 1.93. The summed E-state index contributed by atoms with van der Waals surface area (Å²) in [7, 11) is 1.25. The summed E-state index contributed by atoms with van der Waals surface area (Å²) >= 11 is 0. The Bertz CT molecular complexity index is 423. The van der Waals surface area contributed by atoms with Crippen molar-refractivity contribution in [2.75, 3.05) is 7.11 Å². The predicted octanol–water partition coefficient (Wildman–Crippen LogP) is 2.55. The molecule has 0 aliphatic heterocycles. The minimum absolute atomic E-state index is 0.0498. The van der Waals surface area contributed by atoms with E-state index in [1.807, 2.05) is 0 Å². The molecule has 0 N–H and O–H groups in total. The largest absolute Gasteiger partial charge is 0.496 e. The first-order chi connectivity index (χ1) is 7.49. The van der Waals surface area contributed by atoms with Crippen LogP contribution in [0.1, 0.15) is 11.1 Å². The first kappa shape index (κ1) is 12.3. The Balaban J connectivity index is 3.11. The smallest absolute Gasteiger partial charge is 0.416 e. The molecule has 0 radical (unpaired) electrons. The molecule has 86 valence electrons. The average Bonchev–Trinajstić information content (AvgIpc) is 2.24. The summed E-state index contributed by atoms with van der Waals surface area (Å²) in [5.41, 5.74) is -0.401. The van der Waals surface area contributed by atoms with Crippen LogP contribution in [0.3, 0.4) is 0 Å². The molecule has 0 fully saturated rings. The standard InChI is InChI=1S/C10H8F3NO2/c1-16-9-4-8(10(11,12)13)3-2-7(9)5-14-6-15/h2-4H,5H2,1H3. The molecule has 0 aliphatic carbocycles. The van der Waals surface area contributed by atoms with Crippen molar-refractivity contribution < 1.29 is 22.7 Å². The van der Waals surface area contributed by atoms with Gasteiger partial charge in [0.15, 0.2) is 0 Å². The first-order valence-corrected chi connectivity index (χ1v) is 4.26. The molecule has 0 saturated heterocycles. The summed E-state index contributed by atoms with van der Waals surface area (Å²) in [6.45, 7) is -0.0508. The second kappa shape index (κ2) is 4.81. The van der Waals surface area contributed by atoms with E-state index < -0.39 is 11.7 Å². The Labute approximate surface area is 89.6 Å². The molecule has 0 bridgehead atoms. The Hall–Kier alpha value is -1.81. The van der Waals surface area contributed by atoms with E-state index in [2.05, 4.69) is 4.99 Å². The molecule has 0 aliphatic rings. The lowest BCUT2D eigenvalue weighted by Crippen LogP contribution is -2.05. The Kier molecular flexibility index (Phi) is 3.68. The second-order valence-corrected chi connectivity index (χ2v) is 2.93. The average molecular weight is 231 g/mol. The maximum Gasteiger partial charge on any atom is 0.416 e. The summed E-state index contributed by atoms with van der Waals surface area (Å²) < 4.78 is 41.8. The highest BCUT2D eigenvalue weighted by Crippen LogP contribution is 2.33. The molecule has 0 amide bonds. The molecular formula is C10H8F3NO2. The van der Waals surface area contributed by atoms with Gasteiger partial charge in [0.1, 0.15) is 5.75 Å². The quantitative estimate of drug-likeness (QED) is 0.592. The van der Waals surface area contributed by atoms with Gasteiger partial charge in [-0.3, -0.25) is 0 Å². The molecule has 0 aromatic heterocycles. The number of alkyl halides is 3. The normalized spacial score (nSPS) is 10.8. The van der Waals surface area contributed by atoms with E-state index in [9.17, 15) is 18.0 Å². The van der Waals surface area contributed by atoms with Crippen LogP contribution in [0.25, 0.3) is 0 Å². The molecule has 3 nitrogen and oxygen atoms in total. The third-order valence-electron chi connectivity index (χ3n) is 1.93. The molecule has 1 aromatic rings. The number of rotatable bonds is 3. The second-order valence-electron chi connectivity index (χ2n) is 2.93. The number of carbonyl (C=O) groups excluding carboxylic acids is 1. The molecular weight excluding hydrogens is 223 g/mol. The van der Waals surface area contributed by atoms with Gasteiger partial charge in [-0.2, -0.15) is 13.2 Å². The van der Waals surface area contributed by atoms with Crippen LogP contribution in [0.4, 0.5) is 13.2 Å². The number of benzene rings is 1. The van der Waals surface area contributed by atoms with Crippen LogP contribution in [0.5, 0.6) is 5.75 Å². The van der Waals surface area contributed by atoms with Crippen molar-refractivity contribution in [3.63, 3.8) is 0 Å². The van der Waals surface area contributed by atoms with Crippen molar-refractivity contribution in [2.45, 2.75) is 12.7 Å². The zero-order chi connectivity index (χ0) is 12.2. The molecule has 6 heteroatoms. The number of aliphatic imine (C=N–C) groups is 1. The van der Waals surface area contributed by atoms with Crippen LogP contribution in [-0.4, -0.2) is 13.2 Å². The van der Waals surface area contributed by atoms with Crippen molar-refractivity contribution in [3.8, 4) is 5.75 Å². The number of halogens is 3. The van der Waals surface area contributed by atoms with Gasteiger partial charge in [0.2, 0.25) is 6.08 Å². The maximum absolute atomic E-state index is 12.3. The van der Waals surface area contributed by atoms with Gasteiger partial charge < -0.3 is 4.74 Å². The fourth-order valence-corrected chi connectivity index (χ4v) is 1.17. The molecule has 0 atom stereocenters. The third kappa shape index (κ3) is 2.84. The lowest BCUT2D eigenvalue weighted by molar-refractivity contribution is -0.137. The van der Waals surface area contributed by atoms with E-state index in [0.29, 0.717) is 5.56 Å². The van der Waals surface area contributed by atoms with E-state index in [-0.39, 0.29) is 12.3 Å². The molecule has 1 aromatic carbocycles. The number of isocyanates is 1. The molecule has 0 unspecified atom stereocenters. The Morgan fingerprint density at radius 1 is 1.44 bits per heavy atom. The van der Waals surface area contributed by atoms with Gasteiger partial charge in [-0.15, -0.1) is 0 Å². The Morgan fingerprint density at radius 3 is 2.62 bits per heavy atom. The fraction of sp³-hybridized carbons (Fsp3) is 0.300. The predicted molar refractivity (Wildman–Crippen MR) is 49.8 cm³/mol. The van der Waals surface area contributed by atoms with Gasteiger partial charge >= 0.3 is 6.18 Å². The summed E-state index contributed by atoms with van der Waals surface area (Å²) in [5, 5.41) is 0. The number of ether oxygens (including phenoxy) is 1. The molecule has 1 rings (SSSR count). The number of nitrogens with zero attached hydrogens (tertiary/aromatic N) is 1. The number of methoxy groups -OCH3 is 1. The van der Waals surface area contributed by atoms with E-state index in [1.165, 1.54) is 19.3 Å². The lowest BCUT2D eigenvalue weighted by Gasteiger charge is -2.11. The highest BCUT2D eigenvalue weighted by Gasteiger charge is 2.31. The van der Waals surface area contributed by atoms with Crippen molar-refractivity contribution in [2.24, 2.45) is 4.99 Å². The monoisotopic (exact) mass is 231 g/mol. The minimum Gasteiger partial charge on any atom is -0.496 e. The molecule has 0 spiro atoms. The Morgan fingerprint density at radius 2 is 2.12 bits per heavy atom. The number of hydrogen-bond donors (Lipinski definition) is 0. The molecule has 16 heavy (non-hydrogen) atoms. The van der Waals surface area contributed by atoms with Crippen LogP contribution >= 0.6 is 0 Å². The number of hydrogen-bond acceptors (Lipinski definition) is 3. The van der Waals surface area contributed by atoms with E-state index in [4.69, 9.17) is 4.74 Å². The van der Waals surface area contributed by atoms with Gasteiger partial charge in [0, 0.05) is 5.56 Å². The van der Waals surface area contributed by atoms with E-state index >= 15 is 0 Å². The van der Waals surface area contributed by atoms with Gasteiger partial charge in [0.05, 0.1) is 19.2 Å². The highest BCUT2D eigenvalue weighted by atomic mass is 19.4.